The first-order chi connectivity index (χ1) is 8.72. The molecule has 0 saturated heterocycles. The van der Waals surface area contributed by atoms with Gasteiger partial charge in [0.2, 0.25) is 0 Å². The van der Waals surface area contributed by atoms with Gasteiger partial charge in [-0.2, -0.15) is 5.26 Å². The Labute approximate surface area is 107 Å². The number of fused-ring (bicyclic) bond motifs is 1. The Bertz CT molecular complexity index is 550. The van der Waals surface area contributed by atoms with E-state index >= 15 is 0 Å². The van der Waals surface area contributed by atoms with Gasteiger partial charge in [0, 0.05) is 25.5 Å². The molecule has 18 heavy (non-hydrogen) atoms. The molecule has 2 rings (SSSR count). The fraction of sp³-hybridized carbons (Fsp3) is 0.429. The first kappa shape index (κ1) is 12.4. The van der Waals surface area contributed by atoms with Gasteiger partial charge in [0.15, 0.2) is 0 Å². The third-order valence-corrected chi connectivity index (χ3v) is 2.81. The Morgan fingerprint density at radius 3 is 3.00 bits per heavy atom. The maximum atomic E-state index is 8.77. The highest BCUT2D eigenvalue weighted by atomic mass is 15.2. The van der Waals surface area contributed by atoms with Gasteiger partial charge in [-0.1, -0.05) is 19.9 Å². The van der Waals surface area contributed by atoms with Crippen LogP contribution in [0.5, 0.6) is 0 Å². The van der Waals surface area contributed by atoms with Gasteiger partial charge >= 0.3 is 0 Å². The highest BCUT2D eigenvalue weighted by Gasteiger charge is 2.11. The topological polar surface area (TPSA) is 44.3 Å². The quantitative estimate of drug-likeness (QED) is 0.809. The van der Waals surface area contributed by atoms with Crippen molar-refractivity contribution >= 4 is 11.5 Å². The smallest absolute Gasteiger partial charge is 0.138 e. The first-order valence-corrected chi connectivity index (χ1v) is 6.26. The van der Waals surface area contributed by atoms with E-state index in [2.05, 4.69) is 40.3 Å². The monoisotopic (exact) mass is 242 g/mol. The van der Waals surface area contributed by atoms with Crippen molar-refractivity contribution in [2.45, 2.75) is 20.3 Å². The van der Waals surface area contributed by atoms with Crippen molar-refractivity contribution in [3.63, 3.8) is 0 Å². The second kappa shape index (κ2) is 5.54. The number of hydrogen-bond donors (Lipinski definition) is 0. The van der Waals surface area contributed by atoms with E-state index in [1.165, 1.54) is 0 Å². The lowest BCUT2D eigenvalue weighted by Gasteiger charge is -2.26. The molecule has 2 aromatic heterocycles. The van der Waals surface area contributed by atoms with Gasteiger partial charge in [0.05, 0.1) is 12.5 Å². The molecule has 0 amide bonds. The zero-order valence-electron chi connectivity index (χ0n) is 10.9. The summed E-state index contributed by atoms with van der Waals surface area (Å²) in [6.07, 6.45) is 4.30. The molecule has 2 aromatic rings. The standard InChI is InChI=1S/C14H18N4/c1-12(2)11-17(9-4-7-15)14-6-3-5-13-16-8-10-18(13)14/h3,5-6,8,10,12H,4,9,11H2,1-2H3. The maximum Gasteiger partial charge on any atom is 0.138 e. The van der Waals surface area contributed by atoms with Gasteiger partial charge in [-0.3, -0.25) is 4.40 Å². The van der Waals surface area contributed by atoms with Crippen molar-refractivity contribution in [3.05, 3.63) is 30.6 Å². The lowest BCUT2D eigenvalue weighted by atomic mass is 10.2. The summed E-state index contributed by atoms with van der Waals surface area (Å²) < 4.78 is 2.07. The molecule has 0 bridgehead atoms. The molecule has 0 aromatic carbocycles. The van der Waals surface area contributed by atoms with Crippen LogP contribution in [0.3, 0.4) is 0 Å². The minimum Gasteiger partial charge on any atom is -0.356 e. The Balaban J connectivity index is 2.34. The zero-order valence-corrected chi connectivity index (χ0v) is 10.9. The van der Waals surface area contributed by atoms with Crippen LogP contribution in [0, 0.1) is 17.2 Å². The van der Waals surface area contributed by atoms with Crippen molar-refractivity contribution < 1.29 is 0 Å². The van der Waals surface area contributed by atoms with E-state index in [4.69, 9.17) is 5.26 Å². The van der Waals surface area contributed by atoms with Crippen LogP contribution in [0.4, 0.5) is 5.82 Å². The number of anilines is 1. The van der Waals surface area contributed by atoms with E-state index in [0.29, 0.717) is 12.3 Å². The molecule has 0 aliphatic heterocycles. The van der Waals surface area contributed by atoms with Gasteiger partial charge in [0.25, 0.3) is 0 Å². The Morgan fingerprint density at radius 1 is 1.44 bits per heavy atom. The van der Waals surface area contributed by atoms with Crippen LogP contribution >= 0.6 is 0 Å². The Morgan fingerprint density at radius 2 is 2.28 bits per heavy atom. The molecular weight excluding hydrogens is 224 g/mol. The molecule has 0 spiro atoms. The predicted molar refractivity (Wildman–Crippen MR) is 72.5 cm³/mol. The average Bonchev–Trinajstić information content (AvgIpc) is 2.82. The van der Waals surface area contributed by atoms with Crippen LogP contribution in [0.25, 0.3) is 5.65 Å². The minimum atomic E-state index is 0.539. The van der Waals surface area contributed by atoms with Crippen LogP contribution in [0.15, 0.2) is 30.6 Å². The molecule has 0 aliphatic rings. The Kier molecular flexibility index (Phi) is 3.83. The normalized spacial score (nSPS) is 10.8. The van der Waals surface area contributed by atoms with Gasteiger partial charge in [-0.25, -0.2) is 4.98 Å². The number of pyridine rings is 1. The molecule has 0 fully saturated rings. The summed E-state index contributed by atoms with van der Waals surface area (Å²) >= 11 is 0. The molecule has 2 heterocycles. The number of nitrogens with zero attached hydrogens (tertiary/aromatic N) is 4. The highest BCUT2D eigenvalue weighted by molar-refractivity contribution is 5.51. The number of hydrogen-bond acceptors (Lipinski definition) is 3. The molecule has 0 atom stereocenters. The predicted octanol–water partition coefficient (Wildman–Crippen LogP) is 2.71. The summed E-state index contributed by atoms with van der Waals surface area (Å²) in [6.45, 7) is 6.08. The molecular formula is C14H18N4. The number of nitriles is 1. The summed E-state index contributed by atoms with van der Waals surface area (Å²) in [4.78, 5) is 6.55. The number of rotatable bonds is 5. The second-order valence-electron chi connectivity index (χ2n) is 4.79. The summed E-state index contributed by atoms with van der Waals surface area (Å²) in [5.74, 6) is 1.66. The summed E-state index contributed by atoms with van der Waals surface area (Å²) in [7, 11) is 0. The van der Waals surface area contributed by atoms with Crippen LogP contribution in [0.2, 0.25) is 0 Å². The van der Waals surface area contributed by atoms with E-state index in [1.807, 2.05) is 18.3 Å². The summed E-state index contributed by atoms with van der Waals surface area (Å²) in [5, 5.41) is 8.77. The molecule has 0 radical (unpaired) electrons. The van der Waals surface area contributed by atoms with Gasteiger partial charge in [0.1, 0.15) is 11.5 Å². The van der Waals surface area contributed by atoms with Crippen molar-refractivity contribution in [1.82, 2.24) is 9.38 Å². The fourth-order valence-corrected chi connectivity index (χ4v) is 2.12. The molecule has 0 saturated carbocycles. The average molecular weight is 242 g/mol. The molecule has 4 nitrogen and oxygen atoms in total. The zero-order chi connectivity index (χ0) is 13.0. The van der Waals surface area contributed by atoms with Gasteiger partial charge in [-0.15, -0.1) is 0 Å². The lowest BCUT2D eigenvalue weighted by Crippen LogP contribution is -2.30. The van der Waals surface area contributed by atoms with Gasteiger partial charge < -0.3 is 4.90 Å². The van der Waals surface area contributed by atoms with Crippen molar-refractivity contribution in [1.29, 1.82) is 5.26 Å². The van der Waals surface area contributed by atoms with Crippen LogP contribution in [-0.2, 0) is 0 Å². The second-order valence-corrected chi connectivity index (χ2v) is 4.79. The third-order valence-electron chi connectivity index (χ3n) is 2.81. The fourth-order valence-electron chi connectivity index (χ4n) is 2.12. The Hall–Kier alpha value is -2.02. The van der Waals surface area contributed by atoms with Crippen molar-refractivity contribution in [2.24, 2.45) is 5.92 Å². The molecule has 94 valence electrons. The first-order valence-electron chi connectivity index (χ1n) is 6.26. The van der Waals surface area contributed by atoms with Crippen LogP contribution < -0.4 is 4.90 Å². The molecule has 4 heteroatoms. The number of imidazole rings is 1. The van der Waals surface area contributed by atoms with Crippen molar-refractivity contribution in [3.8, 4) is 6.07 Å². The molecule has 0 aliphatic carbocycles. The largest absolute Gasteiger partial charge is 0.356 e. The van der Waals surface area contributed by atoms with Crippen LogP contribution in [0.1, 0.15) is 20.3 Å². The van der Waals surface area contributed by atoms with Gasteiger partial charge in [-0.05, 0) is 18.1 Å². The molecule has 0 unspecified atom stereocenters. The maximum absolute atomic E-state index is 8.77. The third kappa shape index (κ3) is 2.62. The molecule has 0 N–H and O–H groups in total. The highest BCUT2D eigenvalue weighted by Crippen LogP contribution is 2.18. The number of aromatic nitrogens is 2. The van der Waals surface area contributed by atoms with E-state index in [1.54, 1.807) is 6.20 Å². The van der Waals surface area contributed by atoms with E-state index in [-0.39, 0.29) is 0 Å². The SMILES string of the molecule is CC(C)CN(CCC#N)c1cccc2nccn12. The van der Waals surface area contributed by atoms with E-state index < -0.39 is 0 Å². The van der Waals surface area contributed by atoms with Crippen molar-refractivity contribution in [2.75, 3.05) is 18.0 Å². The van der Waals surface area contributed by atoms with E-state index in [9.17, 15) is 0 Å². The van der Waals surface area contributed by atoms with Crippen LogP contribution in [-0.4, -0.2) is 22.5 Å². The van der Waals surface area contributed by atoms with E-state index in [0.717, 1.165) is 24.6 Å². The minimum absolute atomic E-state index is 0.539. The summed E-state index contributed by atoms with van der Waals surface area (Å²) in [5.41, 5.74) is 0.943. The lowest BCUT2D eigenvalue weighted by molar-refractivity contribution is 0.606. The summed E-state index contributed by atoms with van der Waals surface area (Å²) in [6, 6.07) is 8.29.